The van der Waals surface area contributed by atoms with Crippen molar-refractivity contribution in [1.29, 1.82) is 0 Å². The van der Waals surface area contributed by atoms with Crippen LogP contribution in [0, 0.1) is 12.8 Å². The lowest BCUT2D eigenvalue weighted by molar-refractivity contribution is 0.221. The molecule has 2 heterocycles. The molecule has 144 valence electrons. The Morgan fingerprint density at radius 3 is 2.00 bits per heavy atom. The third-order valence-electron chi connectivity index (χ3n) is 6.30. The van der Waals surface area contributed by atoms with Gasteiger partial charge in [0.2, 0.25) is 0 Å². The molecule has 0 spiro atoms. The number of aryl methyl sites for hydroxylation is 1. The first-order valence-corrected chi connectivity index (χ1v) is 10.8. The Hall–Kier alpha value is -1.64. The zero-order chi connectivity index (χ0) is 18.5. The standard InChI is InChI=1S/C25H34N2/c1-21-5-7-23(8-6-21)19-27-16-13-25(20-27)17-22-9-11-24(12-10-22)18-26-14-3-2-4-15-26/h5-12,25H,2-4,13-20H2,1H3. The highest BCUT2D eigenvalue weighted by atomic mass is 15.1. The number of benzene rings is 2. The Morgan fingerprint density at radius 2 is 1.30 bits per heavy atom. The molecule has 1 unspecified atom stereocenters. The molecule has 2 heteroatoms. The predicted molar refractivity (Wildman–Crippen MR) is 114 cm³/mol. The van der Waals surface area contributed by atoms with Crippen LogP contribution in [0.3, 0.4) is 0 Å². The summed E-state index contributed by atoms with van der Waals surface area (Å²) >= 11 is 0. The summed E-state index contributed by atoms with van der Waals surface area (Å²) in [4.78, 5) is 5.23. The molecule has 2 saturated heterocycles. The smallest absolute Gasteiger partial charge is 0.0233 e. The van der Waals surface area contributed by atoms with Crippen LogP contribution in [0.1, 0.15) is 47.9 Å². The molecule has 0 amide bonds. The molecule has 27 heavy (non-hydrogen) atoms. The van der Waals surface area contributed by atoms with Gasteiger partial charge >= 0.3 is 0 Å². The Bertz CT molecular complexity index is 698. The maximum Gasteiger partial charge on any atom is 0.0233 e. The highest BCUT2D eigenvalue weighted by Crippen LogP contribution is 2.23. The third kappa shape index (κ3) is 5.43. The molecular weight excluding hydrogens is 328 g/mol. The number of hydrogen-bond acceptors (Lipinski definition) is 2. The van der Waals surface area contributed by atoms with E-state index in [1.807, 2.05) is 0 Å². The van der Waals surface area contributed by atoms with Crippen molar-refractivity contribution in [3.05, 3.63) is 70.8 Å². The summed E-state index contributed by atoms with van der Waals surface area (Å²) in [5.41, 5.74) is 5.79. The van der Waals surface area contributed by atoms with E-state index in [-0.39, 0.29) is 0 Å². The van der Waals surface area contributed by atoms with Crippen molar-refractivity contribution in [3.8, 4) is 0 Å². The maximum atomic E-state index is 2.63. The second-order valence-corrected chi connectivity index (χ2v) is 8.73. The lowest BCUT2D eigenvalue weighted by Gasteiger charge is -2.26. The molecule has 2 aliphatic rings. The van der Waals surface area contributed by atoms with Gasteiger partial charge in [0.05, 0.1) is 0 Å². The summed E-state index contributed by atoms with van der Waals surface area (Å²) < 4.78 is 0. The van der Waals surface area contributed by atoms with Gasteiger partial charge < -0.3 is 0 Å². The second-order valence-electron chi connectivity index (χ2n) is 8.73. The van der Waals surface area contributed by atoms with E-state index in [9.17, 15) is 0 Å². The van der Waals surface area contributed by atoms with Crippen LogP contribution in [-0.4, -0.2) is 36.0 Å². The third-order valence-corrected chi connectivity index (χ3v) is 6.30. The molecule has 4 rings (SSSR count). The van der Waals surface area contributed by atoms with Gasteiger partial charge in [0.15, 0.2) is 0 Å². The minimum Gasteiger partial charge on any atom is -0.299 e. The number of likely N-dealkylation sites (tertiary alicyclic amines) is 2. The van der Waals surface area contributed by atoms with Crippen molar-refractivity contribution < 1.29 is 0 Å². The normalized spacial score (nSPS) is 21.6. The van der Waals surface area contributed by atoms with Gasteiger partial charge in [0.25, 0.3) is 0 Å². The maximum absolute atomic E-state index is 2.63. The van der Waals surface area contributed by atoms with Crippen molar-refractivity contribution in [2.75, 3.05) is 26.2 Å². The van der Waals surface area contributed by atoms with Gasteiger partial charge in [-0.05, 0) is 74.8 Å². The predicted octanol–water partition coefficient (Wildman–Crippen LogP) is 5.05. The van der Waals surface area contributed by atoms with Crippen molar-refractivity contribution >= 4 is 0 Å². The van der Waals surface area contributed by atoms with Crippen molar-refractivity contribution in [2.45, 2.75) is 52.1 Å². The van der Waals surface area contributed by atoms with Gasteiger partial charge in [-0.1, -0.05) is 60.5 Å². The minimum atomic E-state index is 0.809. The van der Waals surface area contributed by atoms with Gasteiger partial charge in [-0.2, -0.15) is 0 Å². The van der Waals surface area contributed by atoms with Crippen molar-refractivity contribution in [1.82, 2.24) is 9.80 Å². The van der Waals surface area contributed by atoms with Gasteiger partial charge in [-0.15, -0.1) is 0 Å². The molecule has 2 aromatic rings. The highest BCUT2D eigenvalue weighted by Gasteiger charge is 2.22. The van der Waals surface area contributed by atoms with Crippen molar-refractivity contribution in [2.24, 2.45) is 5.92 Å². The average Bonchev–Trinajstić information content (AvgIpc) is 3.13. The van der Waals surface area contributed by atoms with E-state index >= 15 is 0 Å². The minimum absolute atomic E-state index is 0.809. The van der Waals surface area contributed by atoms with Crippen LogP contribution in [0.15, 0.2) is 48.5 Å². The van der Waals surface area contributed by atoms with Crippen LogP contribution in [0.4, 0.5) is 0 Å². The van der Waals surface area contributed by atoms with Crippen LogP contribution in [-0.2, 0) is 19.5 Å². The van der Waals surface area contributed by atoms with Gasteiger partial charge in [0.1, 0.15) is 0 Å². The fourth-order valence-electron chi connectivity index (χ4n) is 4.66. The first-order chi connectivity index (χ1) is 13.2. The van der Waals surface area contributed by atoms with Crippen LogP contribution in [0.2, 0.25) is 0 Å². The zero-order valence-electron chi connectivity index (χ0n) is 16.9. The van der Waals surface area contributed by atoms with Crippen LogP contribution >= 0.6 is 0 Å². The molecule has 2 nitrogen and oxygen atoms in total. The summed E-state index contributed by atoms with van der Waals surface area (Å²) in [5, 5.41) is 0. The average molecular weight is 363 g/mol. The Kier molecular flexibility index (Phi) is 6.26. The largest absolute Gasteiger partial charge is 0.299 e. The quantitative estimate of drug-likeness (QED) is 0.710. The zero-order valence-corrected chi connectivity index (χ0v) is 16.9. The van der Waals surface area contributed by atoms with Gasteiger partial charge in [-0.3, -0.25) is 9.80 Å². The van der Waals surface area contributed by atoms with Crippen LogP contribution in [0.5, 0.6) is 0 Å². The second kappa shape index (κ2) is 9.03. The molecule has 1 atom stereocenters. The Balaban J connectivity index is 1.25. The molecule has 0 saturated carbocycles. The number of rotatable bonds is 6. The highest BCUT2D eigenvalue weighted by molar-refractivity contribution is 5.24. The molecule has 0 radical (unpaired) electrons. The molecule has 2 fully saturated rings. The SMILES string of the molecule is Cc1ccc(CN2CCC(Cc3ccc(CN4CCCCC4)cc3)C2)cc1. The number of piperidine rings is 1. The first-order valence-electron chi connectivity index (χ1n) is 10.8. The van der Waals surface area contributed by atoms with E-state index in [0.29, 0.717) is 0 Å². The lowest BCUT2D eigenvalue weighted by Crippen LogP contribution is -2.29. The molecule has 0 bridgehead atoms. The van der Waals surface area contributed by atoms with E-state index in [2.05, 4.69) is 65.3 Å². The molecule has 2 aliphatic heterocycles. The van der Waals surface area contributed by atoms with Gasteiger partial charge in [0, 0.05) is 19.6 Å². The Labute approximate surface area is 165 Å². The van der Waals surface area contributed by atoms with Crippen molar-refractivity contribution in [3.63, 3.8) is 0 Å². The lowest BCUT2D eigenvalue weighted by atomic mass is 9.97. The fraction of sp³-hybridized carbons (Fsp3) is 0.520. The van der Waals surface area contributed by atoms with E-state index < -0.39 is 0 Å². The molecule has 0 aliphatic carbocycles. The summed E-state index contributed by atoms with van der Waals surface area (Å²) in [6, 6.07) is 18.5. The molecule has 2 aromatic carbocycles. The summed E-state index contributed by atoms with van der Waals surface area (Å²) in [6.07, 6.45) is 6.73. The summed E-state index contributed by atoms with van der Waals surface area (Å²) in [5.74, 6) is 0.809. The fourth-order valence-corrected chi connectivity index (χ4v) is 4.66. The van der Waals surface area contributed by atoms with Gasteiger partial charge in [-0.25, -0.2) is 0 Å². The first kappa shape index (κ1) is 18.7. The molecular formula is C25H34N2. The Morgan fingerprint density at radius 1 is 0.704 bits per heavy atom. The summed E-state index contributed by atoms with van der Waals surface area (Å²) in [7, 11) is 0. The van der Waals surface area contributed by atoms with E-state index in [1.165, 1.54) is 80.5 Å². The molecule has 0 N–H and O–H groups in total. The van der Waals surface area contributed by atoms with E-state index in [4.69, 9.17) is 0 Å². The van der Waals surface area contributed by atoms with Crippen LogP contribution < -0.4 is 0 Å². The van der Waals surface area contributed by atoms with E-state index in [1.54, 1.807) is 0 Å². The monoisotopic (exact) mass is 362 g/mol. The molecule has 0 aromatic heterocycles. The van der Waals surface area contributed by atoms with E-state index in [0.717, 1.165) is 19.0 Å². The topological polar surface area (TPSA) is 6.48 Å². The summed E-state index contributed by atoms with van der Waals surface area (Å²) in [6.45, 7) is 9.43. The van der Waals surface area contributed by atoms with Crippen LogP contribution in [0.25, 0.3) is 0 Å². The number of nitrogens with zero attached hydrogens (tertiary/aromatic N) is 2. The number of hydrogen-bond donors (Lipinski definition) is 0.